The van der Waals surface area contributed by atoms with Crippen molar-refractivity contribution in [2.75, 3.05) is 31.2 Å². The molecule has 0 spiro atoms. The van der Waals surface area contributed by atoms with Gasteiger partial charge < -0.3 is 9.64 Å². The average Bonchev–Trinajstić information content (AvgIpc) is 2.51. The van der Waals surface area contributed by atoms with Crippen molar-refractivity contribution in [3.05, 3.63) is 51.9 Å². The molecule has 2 heterocycles. The molecule has 1 aliphatic rings. The maximum absolute atomic E-state index is 12.6. The van der Waals surface area contributed by atoms with Crippen LogP contribution in [-0.4, -0.2) is 36.1 Å². The molecule has 0 aliphatic carbocycles. The van der Waals surface area contributed by atoms with E-state index in [1.54, 1.807) is 6.07 Å². The van der Waals surface area contributed by atoms with Crippen molar-refractivity contribution in [3.8, 4) is 5.69 Å². The number of para-hydroxylation sites is 1. The number of morpholine rings is 1. The van der Waals surface area contributed by atoms with Gasteiger partial charge in [0.1, 0.15) is 5.69 Å². The molecule has 1 aromatic heterocycles. The molecule has 0 saturated carbocycles. The van der Waals surface area contributed by atoms with Gasteiger partial charge in [0.05, 0.1) is 18.9 Å². The predicted molar refractivity (Wildman–Crippen MR) is 77.9 cm³/mol. The Morgan fingerprint density at radius 1 is 1.15 bits per heavy atom. The molecular weight excluding hydrogens is 278 g/mol. The molecule has 0 bridgehead atoms. The summed E-state index contributed by atoms with van der Waals surface area (Å²) >= 11 is 6.06. The van der Waals surface area contributed by atoms with Crippen LogP contribution in [0.5, 0.6) is 0 Å². The van der Waals surface area contributed by atoms with E-state index in [-0.39, 0.29) is 5.56 Å². The SMILES string of the molecule is O=c1c(N2CCOCC2)cc(Cl)nn1-c1ccccc1. The van der Waals surface area contributed by atoms with E-state index in [0.29, 0.717) is 42.8 Å². The minimum atomic E-state index is -0.164. The third-order valence-electron chi connectivity index (χ3n) is 3.22. The van der Waals surface area contributed by atoms with E-state index < -0.39 is 0 Å². The van der Waals surface area contributed by atoms with E-state index in [2.05, 4.69) is 5.10 Å². The molecular formula is C14H14ClN3O2. The highest BCUT2D eigenvalue weighted by molar-refractivity contribution is 6.29. The Kier molecular flexibility index (Phi) is 3.71. The number of hydrogen-bond acceptors (Lipinski definition) is 4. The van der Waals surface area contributed by atoms with Gasteiger partial charge in [-0.1, -0.05) is 29.8 Å². The van der Waals surface area contributed by atoms with Crippen LogP contribution in [0, 0.1) is 0 Å². The summed E-state index contributed by atoms with van der Waals surface area (Å²) in [6.45, 7) is 2.60. The van der Waals surface area contributed by atoms with Crippen molar-refractivity contribution >= 4 is 17.3 Å². The molecule has 6 heteroatoms. The summed E-state index contributed by atoms with van der Waals surface area (Å²) in [5, 5.41) is 4.41. The third kappa shape index (κ3) is 2.55. The highest BCUT2D eigenvalue weighted by atomic mass is 35.5. The van der Waals surface area contributed by atoms with E-state index in [9.17, 15) is 4.79 Å². The molecule has 104 valence electrons. The van der Waals surface area contributed by atoms with Gasteiger partial charge in [0.2, 0.25) is 0 Å². The van der Waals surface area contributed by atoms with Crippen LogP contribution in [0.25, 0.3) is 5.69 Å². The molecule has 0 atom stereocenters. The van der Waals surface area contributed by atoms with E-state index in [4.69, 9.17) is 16.3 Å². The van der Waals surface area contributed by atoms with Crippen molar-refractivity contribution in [1.29, 1.82) is 0 Å². The Morgan fingerprint density at radius 2 is 1.85 bits per heavy atom. The Labute approximate surface area is 121 Å². The van der Waals surface area contributed by atoms with Gasteiger partial charge in [-0.25, -0.2) is 0 Å². The minimum absolute atomic E-state index is 0.164. The van der Waals surface area contributed by atoms with Crippen LogP contribution >= 0.6 is 11.6 Å². The maximum Gasteiger partial charge on any atom is 0.295 e. The molecule has 2 aromatic rings. The summed E-state index contributed by atoms with van der Waals surface area (Å²) in [5.41, 5.74) is 1.11. The zero-order chi connectivity index (χ0) is 13.9. The number of ether oxygens (including phenoxy) is 1. The fourth-order valence-electron chi connectivity index (χ4n) is 2.23. The first-order chi connectivity index (χ1) is 9.75. The van der Waals surface area contributed by atoms with E-state index in [1.165, 1.54) is 4.68 Å². The van der Waals surface area contributed by atoms with Crippen molar-refractivity contribution in [3.63, 3.8) is 0 Å². The summed E-state index contributed by atoms with van der Waals surface area (Å²) in [7, 11) is 0. The standard InChI is InChI=1S/C14H14ClN3O2/c15-13-10-12(17-6-8-20-9-7-17)14(19)18(16-13)11-4-2-1-3-5-11/h1-5,10H,6-9H2. The van der Waals surface area contributed by atoms with Gasteiger partial charge in [-0.3, -0.25) is 4.79 Å². The molecule has 5 nitrogen and oxygen atoms in total. The van der Waals surface area contributed by atoms with Gasteiger partial charge in [-0.05, 0) is 12.1 Å². The van der Waals surface area contributed by atoms with Gasteiger partial charge in [-0.2, -0.15) is 9.78 Å². The van der Waals surface area contributed by atoms with Gasteiger partial charge >= 0.3 is 0 Å². The lowest BCUT2D eigenvalue weighted by Gasteiger charge is -2.28. The van der Waals surface area contributed by atoms with Crippen molar-refractivity contribution < 1.29 is 4.74 Å². The van der Waals surface area contributed by atoms with Crippen molar-refractivity contribution in [2.24, 2.45) is 0 Å². The summed E-state index contributed by atoms with van der Waals surface area (Å²) < 4.78 is 6.65. The number of halogens is 1. The molecule has 0 radical (unpaired) electrons. The zero-order valence-electron chi connectivity index (χ0n) is 10.8. The summed E-state index contributed by atoms with van der Waals surface area (Å²) in [6, 6.07) is 10.9. The van der Waals surface area contributed by atoms with Gasteiger partial charge in [0.15, 0.2) is 5.15 Å². The van der Waals surface area contributed by atoms with Gasteiger partial charge in [0.25, 0.3) is 5.56 Å². The lowest BCUT2D eigenvalue weighted by atomic mass is 10.3. The smallest absolute Gasteiger partial charge is 0.295 e. The third-order valence-corrected chi connectivity index (χ3v) is 3.40. The molecule has 20 heavy (non-hydrogen) atoms. The molecule has 1 saturated heterocycles. The van der Waals surface area contributed by atoms with Crippen LogP contribution in [0.2, 0.25) is 5.15 Å². The Hall–Kier alpha value is -1.85. The Morgan fingerprint density at radius 3 is 2.55 bits per heavy atom. The summed E-state index contributed by atoms with van der Waals surface area (Å²) in [4.78, 5) is 14.6. The highest BCUT2D eigenvalue weighted by Crippen LogP contribution is 2.16. The number of aromatic nitrogens is 2. The summed E-state index contributed by atoms with van der Waals surface area (Å²) in [5.74, 6) is 0. The number of rotatable bonds is 2. The molecule has 0 amide bonds. The minimum Gasteiger partial charge on any atom is -0.378 e. The van der Waals surface area contributed by atoms with Crippen LogP contribution in [-0.2, 0) is 4.74 Å². The van der Waals surface area contributed by atoms with Crippen LogP contribution in [0.1, 0.15) is 0 Å². The first-order valence-corrected chi connectivity index (χ1v) is 6.81. The first-order valence-electron chi connectivity index (χ1n) is 6.44. The fraction of sp³-hybridized carbons (Fsp3) is 0.286. The van der Waals surface area contributed by atoms with Gasteiger partial charge in [0, 0.05) is 19.2 Å². The lowest BCUT2D eigenvalue weighted by molar-refractivity contribution is 0.122. The number of hydrogen-bond donors (Lipinski definition) is 0. The maximum atomic E-state index is 12.6. The lowest BCUT2D eigenvalue weighted by Crippen LogP contribution is -2.40. The molecule has 0 unspecified atom stereocenters. The average molecular weight is 292 g/mol. The van der Waals surface area contributed by atoms with Crippen molar-refractivity contribution in [2.45, 2.75) is 0 Å². The topological polar surface area (TPSA) is 47.4 Å². The molecule has 1 aliphatic heterocycles. The van der Waals surface area contributed by atoms with Crippen LogP contribution < -0.4 is 10.5 Å². The normalized spacial score (nSPS) is 15.3. The monoisotopic (exact) mass is 291 g/mol. The van der Waals surface area contributed by atoms with Crippen LogP contribution in [0.3, 0.4) is 0 Å². The van der Waals surface area contributed by atoms with E-state index in [0.717, 1.165) is 0 Å². The fourth-order valence-corrected chi connectivity index (χ4v) is 2.41. The molecule has 3 rings (SSSR count). The Bertz CT molecular complexity index is 651. The quantitative estimate of drug-likeness (QED) is 0.845. The second-order valence-electron chi connectivity index (χ2n) is 4.50. The highest BCUT2D eigenvalue weighted by Gasteiger charge is 2.17. The van der Waals surface area contributed by atoms with Crippen LogP contribution in [0.4, 0.5) is 5.69 Å². The summed E-state index contributed by atoms with van der Waals surface area (Å²) in [6.07, 6.45) is 0. The molecule has 0 N–H and O–H groups in total. The van der Waals surface area contributed by atoms with Crippen LogP contribution in [0.15, 0.2) is 41.2 Å². The molecule has 1 aromatic carbocycles. The van der Waals surface area contributed by atoms with E-state index in [1.807, 2.05) is 35.2 Å². The van der Waals surface area contributed by atoms with Crippen molar-refractivity contribution in [1.82, 2.24) is 9.78 Å². The van der Waals surface area contributed by atoms with Gasteiger partial charge in [-0.15, -0.1) is 0 Å². The Balaban J connectivity index is 2.08. The predicted octanol–water partition coefficient (Wildman–Crippen LogP) is 1.72. The van der Waals surface area contributed by atoms with E-state index >= 15 is 0 Å². The largest absolute Gasteiger partial charge is 0.378 e. The number of benzene rings is 1. The zero-order valence-corrected chi connectivity index (χ0v) is 11.6. The second-order valence-corrected chi connectivity index (χ2v) is 4.89. The number of nitrogens with zero attached hydrogens (tertiary/aromatic N) is 3. The molecule has 1 fully saturated rings. The first kappa shape index (κ1) is 13.1. The second kappa shape index (κ2) is 5.64. The number of anilines is 1.